The van der Waals surface area contributed by atoms with Crippen LogP contribution in [0.5, 0.6) is 5.75 Å². The number of carboxylic acids is 1. The van der Waals surface area contributed by atoms with E-state index >= 15 is 0 Å². The molecule has 1 aromatic carbocycles. The predicted octanol–water partition coefficient (Wildman–Crippen LogP) is 1.66. The fourth-order valence-electron chi connectivity index (χ4n) is 1.68. The maximum absolute atomic E-state index is 11.0. The minimum absolute atomic E-state index is 0.225. The summed E-state index contributed by atoms with van der Waals surface area (Å²) < 4.78 is 5.20. The van der Waals surface area contributed by atoms with Gasteiger partial charge in [-0.25, -0.2) is 4.79 Å². The van der Waals surface area contributed by atoms with E-state index in [0.717, 1.165) is 5.56 Å². The second-order valence-corrected chi connectivity index (χ2v) is 4.04. The third kappa shape index (κ3) is 1.95. The highest BCUT2D eigenvalue weighted by Crippen LogP contribution is 2.30. The van der Waals surface area contributed by atoms with Gasteiger partial charge in [-0.1, -0.05) is 17.3 Å². The zero-order valence-electron chi connectivity index (χ0n) is 9.64. The molecule has 5 heteroatoms. The molecule has 90 valence electrons. The van der Waals surface area contributed by atoms with Crippen LogP contribution in [0.4, 0.5) is 0 Å². The van der Waals surface area contributed by atoms with Gasteiger partial charge in [0.25, 0.3) is 0 Å². The van der Waals surface area contributed by atoms with Crippen LogP contribution in [-0.2, 0) is 9.63 Å². The molecule has 0 bridgehead atoms. The number of nitrogens with zero attached hydrogens (tertiary/aromatic N) is 1. The molecule has 1 N–H and O–H groups in total. The molecule has 0 aromatic heterocycles. The van der Waals surface area contributed by atoms with Gasteiger partial charge >= 0.3 is 5.97 Å². The summed E-state index contributed by atoms with van der Waals surface area (Å²) in [6.07, 6.45) is 0.225. The van der Waals surface area contributed by atoms with Crippen molar-refractivity contribution >= 4 is 11.7 Å². The van der Waals surface area contributed by atoms with Gasteiger partial charge in [-0.3, -0.25) is 0 Å². The van der Waals surface area contributed by atoms with Gasteiger partial charge in [-0.2, -0.15) is 0 Å². The fraction of sp³-hybridized carbons (Fsp3) is 0.333. The molecule has 0 saturated heterocycles. The Hall–Kier alpha value is -2.04. The number of methoxy groups -OCH3 is 1. The second-order valence-electron chi connectivity index (χ2n) is 4.04. The fourth-order valence-corrected chi connectivity index (χ4v) is 1.68. The monoisotopic (exact) mass is 235 g/mol. The van der Waals surface area contributed by atoms with Crippen molar-refractivity contribution in [2.24, 2.45) is 5.16 Å². The van der Waals surface area contributed by atoms with E-state index in [1.165, 1.54) is 6.92 Å². The minimum atomic E-state index is -1.28. The van der Waals surface area contributed by atoms with Gasteiger partial charge < -0.3 is 14.7 Å². The molecule has 1 atom stereocenters. The summed E-state index contributed by atoms with van der Waals surface area (Å²) in [5, 5.41) is 12.9. The van der Waals surface area contributed by atoms with E-state index in [2.05, 4.69) is 5.16 Å². The standard InChI is InChI=1S/C12H13NO4/c1-12(11(14)15)7-9(13-17-12)8-5-3-4-6-10(8)16-2/h3-6H,7H2,1-2H3,(H,14,15). The summed E-state index contributed by atoms with van der Waals surface area (Å²) >= 11 is 0. The molecule has 1 aliphatic rings. The lowest BCUT2D eigenvalue weighted by molar-refractivity contribution is -0.160. The SMILES string of the molecule is COc1ccccc1C1=NOC(C)(C(=O)O)C1. The number of aliphatic carboxylic acids is 1. The highest BCUT2D eigenvalue weighted by Gasteiger charge is 2.42. The third-order valence-corrected chi connectivity index (χ3v) is 2.73. The van der Waals surface area contributed by atoms with E-state index in [0.29, 0.717) is 11.5 Å². The van der Waals surface area contributed by atoms with Crippen LogP contribution in [0.3, 0.4) is 0 Å². The second kappa shape index (κ2) is 4.08. The first-order valence-electron chi connectivity index (χ1n) is 5.18. The van der Waals surface area contributed by atoms with Crippen LogP contribution in [0, 0.1) is 0 Å². The number of para-hydroxylation sites is 1. The zero-order valence-corrected chi connectivity index (χ0v) is 9.64. The minimum Gasteiger partial charge on any atom is -0.496 e. The van der Waals surface area contributed by atoms with E-state index in [4.69, 9.17) is 14.7 Å². The Balaban J connectivity index is 2.29. The summed E-state index contributed by atoms with van der Waals surface area (Å²) in [5.41, 5.74) is 0.0724. The lowest BCUT2D eigenvalue weighted by Crippen LogP contribution is -2.35. The van der Waals surface area contributed by atoms with E-state index in [1.807, 2.05) is 18.2 Å². The van der Waals surface area contributed by atoms with Gasteiger partial charge in [-0.15, -0.1) is 0 Å². The Morgan fingerprint density at radius 3 is 2.82 bits per heavy atom. The van der Waals surface area contributed by atoms with Crippen molar-refractivity contribution in [3.05, 3.63) is 29.8 Å². The highest BCUT2D eigenvalue weighted by molar-refractivity contribution is 6.06. The average Bonchev–Trinajstić information content (AvgIpc) is 2.73. The van der Waals surface area contributed by atoms with Crippen LogP contribution in [0.1, 0.15) is 18.9 Å². The quantitative estimate of drug-likeness (QED) is 0.865. The number of oxime groups is 1. The van der Waals surface area contributed by atoms with Crippen molar-refractivity contribution in [1.82, 2.24) is 0 Å². The number of benzene rings is 1. The summed E-state index contributed by atoms with van der Waals surface area (Å²) in [6.45, 7) is 1.50. The largest absolute Gasteiger partial charge is 0.496 e. The first kappa shape index (κ1) is 11.4. The molecule has 5 nitrogen and oxygen atoms in total. The Bertz CT molecular complexity index is 483. The van der Waals surface area contributed by atoms with Crippen molar-refractivity contribution in [3.8, 4) is 5.75 Å². The van der Waals surface area contributed by atoms with E-state index in [1.54, 1.807) is 13.2 Å². The Morgan fingerprint density at radius 1 is 1.53 bits per heavy atom. The number of ether oxygens (including phenoxy) is 1. The highest BCUT2D eigenvalue weighted by atomic mass is 16.7. The van der Waals surface area contributed by atoms with Crippen molar-refractivity contribution in [2.75, 3.05) is 7.11 Å². The van der Waals surface area contributed by atoms with E-state index < -0.39 is 11.6 Å². The summed E-state index contributed by atoms with van der Waals surface area (Å²) in [6, 6.07) is 7.31. The van der Waals surface area contributed by atoms with Crippen molar-refractivity contribution in [2.45, 2.75) is 18.9 Å². The Kier molecular flexibility index (Phi) is 2.75. The average molecular weight is 235 g/mol. The molecule has 1 aromatic rings. The molecular formula is C12H13NO4. The summed E-state index contributed by atoms with van der Waals surface area (Å²) in [7, 11) is 1.56. The van der Waals surface area contributed by atoms with Gasteiger partial charge in [-0.05, 0) is 19.1 Å². The third-order valence-electron chi connectivity index (χ3n) is 2.73. The van der Waals surface area contributed by atoms with Gasteiger partial charge in [0, 0.05) is 12.0 Å². The molecule has 2 rings (SSSR count). The van der Waals surface area contributed by atoms with Gasteiger partial charge in [0.1, 0.15) is 5.75 Å². The molecule has 1 heterocycles. The lowest BCUT2D eigenvalue weighted by Gasteiger charge is -2.14. The molecular weight excluding hydrogens is 222 g/mol. The molecule has 0 radical (unpaired) electrons. The van der Waals surface area contributed by atoms with Crippen LogP contribution in [-0.4, -0.2) is 29.5 Å². The van der Waals surface area contributed by atoms with Gasteiger partial charge in [0.15, 0.2) is 0 Å². The van der Waals surface area contributed by atoms with Crippen LogP contribution < -0.4 is 4.74 Å². The number of carbonyl (C=O) groups is 1. The molecule has 1 unspecified atom stereocenters. The molecule has 0 aliphatic carbocycles. The van der Waals surface area contributed by atoms with Gasteiger partial charge in [0.05, 0.1) is 12.8 Å². The van der Waals surface area contributed by atoms with Crippen LogP contribution in [0.2, 0.25) is 0 Å². The molecule has 0 spiro atoms. The Morgan fingerprint density at radius 2 is 2.24 bits per heavy atom. The van der Waals surface area contributed by atoms with Crippen LogP contribution >= 0.6 is 0 Å². The maximum atomic E-state index is 11.0. The maximum Gasteiger partial charge on any atom is 0.351 e. The number of hydrogen-bond acceptors (Lipinski definition) is 4. The first-order chi connectivity index (χ1) is 8.07. The van der Waals surface area contributed by atoms with Crippen LogP contribution in [0.25, 0.3) is 0 Å². The van der Waals surface area contributed by atoms with E-state index in [9.17, 15) is 4.79 Å². The van der Waals surface area contributed by atoms with Crippen molar-refractivity contribution in [1.29, 1.82) is 0 Å². The topological polar surface area (TPSA) is 68.1 Å². The van der Waals surface area contributed by atoms with Gasteiger partial charge in [0.2, 0.25) is 5.60 Å². The zero-order chi connectivity index (χ0) is 12.5. The number of rotatable bonds is 3. The number of carboxylic acid groups (broad SMARTS) is 1. The normalized spacial score (nSPS) is 22.8. The Labute approximate surface area is 98.6 Å². The van der Waals surface area contributed by atoms with Crippen molar-refractivity contribution < 1.29 is 19.5 Å². The lowest BCUT2D eigenvalue weighted by atomic mass is 9.96. The van der Waals surface area contributed by atoms with E-state index in [-0.39, 0.29) is 6.42 Å². The molecule has 0 amide bonds. The predicted molar refractivity (Wildman–Crippen MR) is 61.3 cm³/mol. The van der Waals surface area contributed by atoms with Crippen LogP contribution in [0.15, 0.2) is 29.4 Å². The molecule has 0 saturated carbocycles. The smallest absolute Gasteiger partial charge is 0.351 e. The summed E-state index contributed by atoms with van der Waals surface area (Å²) in [4.78, 5) is 16.0. The molecule has 1 aliphatic heterocycles. The summed E-state index contributed by atoms with van der Waals surface area (Å²) in [5.74, 6) is -0.365. The van der Waals surface area contributed by atoms with Crippen molar-refractivity contribution in [3.63, 3.8) is 0 Å². The molecule has 0 fully saturated rings. The molecule has 17 heavy (non-hydrogen) atoms. The number of hydrogen-bond donors (Lipinski definition) is 1. The first-order valence-corrected chi connectivity index (χ1v) is 5.18.